The highest BCUT2D eigenvalue weighted by Crippen LogP contribution is 2.35. The van der Waals surface area contributed by atoms with E-state index in [0.29, 0.717) is 0 Å². The highest BCUT2D eigenvalue weighted by atomic mass is 32.2. The second-order valence-electron chi connectivity index (χ2n) is 7.42. The summed E-state index contributed by atoms with van der Waals surface area (Å²) < 4.78 is 68.3. The zero-order chi connectivity index (χ0) is 22.2. The number of imidazole rings is 1. The van der Waals surface area contributed by atoms with Gasteiger partial charge >= 0.3 is 6.18 Å². The van der Waals surface area contributed by atoms with Gasteiger partial charge in [-0.3, -0.25) is 4.98 Å². The summed E-state index contributed by atoms with van der Waals surface area (Å²) in [5.74, 6) is -0.304. The average Bonchev–Trinajstić information content (AvgIpc) is 3.36. The minimum atomic E-state index is -4.47. The molecule has 1 fully saturated rings. The molecule has 0 aliphatic carbocycles. The summed E-state index contributed by atoms with van der Waals surface area (Å²) in [5.41, 5.74) is 0.294. The third kappa shape index (κ3) is 4.42. The topological polar surface area (TPSA) is 80.1 Å². The van der Waals surface area contributed by atoms with Crippen LogP contribution in [-0.2, 0) is 23.2 Å². The molecule has 7 nitrogen and oxygen atoms in total. The highest BCUT2D eigenvalue weighted by Gasteiger charge is 2.41. The van der Waals surface area contributed by atoms with E-state index in [1.54, 1.807) is 30.1 Å². The molecule has 164 valence electrons. The van der Waals surface area contributed by atoms with Crippen molar-refractivity contribution in [3.05, 3.63) is 72.4 Å². The molecule has 1 aliphatic rings. The predicted octanol–water partition coefficient (Wildman–Crippen LogP) is 3.10. The van der Waals surface area contributed by atoms with Crippen LogP contribution in [-0.4, -0.2) is 46.4 Å². The Bertz CT molecular complexity index is 1160. The fraction of sp³-hybridized carbons (Fsp3) is 0.300. The van der Waals surface area contributed by atoms with Crippen molar-refractivity contribution >= 4 is 15.7 Å². The maximum absolute atomic E-state index is 13.1. The van der Waals surface area contributed by atoms with Crippen LogP contribution in [0.1, 0.15) is 17.0 Å². The van der Waals surface area contributed by atoms with Crippen molar-refractivity contribution in [3.8, 4) is 0 Å². The number of sulfonamides is 1. The van der Waals surface area contributed by atoms with Crippen molar-refractivity contribution in [1.82, 2.24) is 18.8 Å². The quantitative estimate of drug-likeness (QED) is 0.645. The number of nitrogens with one attached hydrogen (secondary N) is 1. The molecule has 2 atom stereocenters. The summed E-state index contributed by atoms with van der Waals surface area (Å²) in [4.78, 5) is 8.06. The first-order valence-electron chi connectivity index (χ1n) is 9.46. The van der Waals surface area contributed by atoms with Crippen LogP contribution in [0.4, 0.5) is 18.9 Å². The van der Waals surface area contributed by atoms with Crippen molar-refractivity contribution < 1.29 is 21.6 Å². The van der Waals surface area contributed by atoms with E-state index >= 15 is 0 Å². The summed E-state index contributed by atoms with van der Waals surface area (Å²) in [6.45, 7) is 0.232. The van der Waals surface area contributed by atoms with Gasteiger partial charge in [0.2, 0.25) is 0 Å². The smallest absolute Gasteiger partial charge is 0.380 e. The van der Waals surface area contributed by atoms with E-state index in [1.807, 2.05) is 6.07 Å². The molecule has 0 spiro atoms. The number of aromatic nitrogens is 3. The second kappa shape index (κ2) is 7.97. The first-order valence-corrected chi connectivity index (χ1v) is 10.9. The lowest BCUT2D eigenvalue weighted by Crippen LogP contribution is -2.32. The number of hydrogen-bond donors (Lipinski definition) is 1. The van der Waals surface area contributed by atoms with Crippen molar-refractivity contribution in [2.45, 2.75) is 23.2 Å². The van der Waals surface area contributed by atoms with Gasteiger partial charge in [-0.05, 0) is 29.8 Å². The zero-order valence-corrected chi connectivity index (χ0v) is 17.3. The van der Waals surface area contributed by atoms with Gasteiger partial charge in [-0.15, -0.1) is 0 Å². The minimum absolute atomic E-state index is 0.0698. The SMILES string of the molecule is Cn1cnc(S(=O)(=O)N2C[C@@H](Nc3cccc(C(F)(F)F)c3)[C@H](c3cccnc3)C2)c1. The number of halogens is 3. The van der Waals surface area contributed by atoms with Gasteiger partial charge < -0.3 is 9.88 Å². The van der Waals surface area contributed by atoms with Gasteiger partial charge in [0.1, 0.15) is 0 Å². The average molecular weight is 451 g/mol. The number of aryl methyl sites for hydroxylation is 1. The van der Waals surface area contributed by atoms with Crippen molar-refractivity contribution in [2.75, 3.05) is 18.4 Å². The van der Waals surface area contributed by atoms with Crippen LogP contribution in [0.2, 0.25) is 0 Å². The van der Waals surface area contributed by atoms with E-state index in [-0.39, 0.29) is 29.7 Å². The van der Waals surface area contributed by atoms with E-state index < -0.39 is 27.8 Å². The van der Waals surface area contributed by atoms with Crippen LogP contribution < -0.4 is 5.32 Å². The molecule has 0 amide bonds. The maximum atomic E-state index is 13.1. The fourth-order valence-electron chi connectivity index (χ4n) is 3.70. The summed E-state index contributed by atoms with van der Waals surface area (Å²) in [5, 5.41) is 3.03. The second-order valence-corrected chi connectivity index (χ2v) is 9.31. The molecule has 0 bridgehead atoms. The van der Waals surface area contributed by atoms with Crippen molar-refractivity contribution in [2.24, 2.45) is 7.05 Å². The van der Waals surface area contributed by atoms with E-state index in [9.17, 15) is 21.6 Å². The first kappa shape index (κ1) is 21.3. The van der Waals surface area contributed by atoms with Gasteiger partial charge in [0.25, 0.3) is 10.0 Å². The van der Waals surface area contributed by atoms with Gasteiger partial charge in [-0.1, -0.05) is 12.1 Å². The van der Waals surface area contributed by atoms with E-state index in [0.717, 1.165) is 17.7 Å². The van der Waals surface area contributed by atoms with E-state index in [1.165, 1.54) is 29.0 Å². The first-order chi connectivity index (χ1) is 14.6. The molecule has 1 saturated heterocycles. The Labute approximate surface area is 177 Å². The van der Waals surface area contributed by atoms with Gasteiger partial charge in [0.05, 0.1) is 11.9 Å². The molecule has 31 heavy (non-hydrogen) atoms. The molecule has 0 unspecified atom stereocenters. The highest BCUT2D eigenvalue weighted by molar-refractivity contribution is 7.89. The van der Waals surface area contributed by atoms with Gasteiger partial charge in [0, 0.05) is 56.4 Å². The lowest BCUT2D eigenvalue weighted by Gasteiger charge is -2.21. The van der Waals surface area contributed by atoms with Crippen molar-refractivity contribution in [1.29, 1.82) is 0 Å². The zero-order valence-electron chi connectivity index (χ0n) is 16.5. The lowest BCUT2D eigenvalue weighted by molar-refractivity contribution is -0.137. The Hall–Kier alpha value is -2.92. The lowest BCUT2D eigenvalue weighted by atomic mass is 9.95. The third-order valence-corrected chi connectivity index (χ3v) is 6.94. The van der Waals surface area contributed by atoms with Crippen LogP contribution in [0.15, 0.2) is 66.3 Å². The fourth-order valence-corrected chi connectivity index (χ4v) is 5.16. The Balaban J connectivity index is 1.65. The van der Waals surface area contributed by atoms with Crippen molar-refractivity contribution in [3.63, 3.8) is 0 Å². The Kier molecular flexibility index (Phi) is 5.48. The molecule has 1 N–H and O–H groups in total. The molecule has 0 saturated carbocycles. The predicted molar refractivity (Wildman–Crippen MR) is 108 cm³/mol. The van der Waals surface area contributed by atoms with Gasteiger partial charge in [-0.2, -0.15) is 17.5 Å². The number of hydrogen-bond acceptors (Lipinski definition) is 5. The molecule has 0 radical (unpaired) electrons. The number of anilines is 1. The Morgan fingerprint density at radius 2 is 1.97 bits per heavy atom. The summed E-state index contributed by atoms with van der Waals surface area (Å²) in [6.07, 6.45) is 1.60. The largest absolute Gasteiger partial charge is 0.416 e. The molecular weight excluding hydrogens is 431 g/mol. The van der Waals surface area contributed by atoms with Crippen LogP contribution in [0, 0.1) is 0 Å². The maximum Gasteiger partial charge on any atom is 0.416 e. The van der Waals surface area contributed by atoms with Crippen LogP contribution >= 0.6 is 0 Å². The standard InChI is InChI=1S/C20H20F3N5O2S/c1-27-12-19(25-13-27)31(29,30)28-10-17(14-4-3-7-24-9-14)18(11-28)26-16-6-2-5-15(8-16)20(21,22)23/h2-9,12-13,17-18,26H,10-11H2,1H3/t17-,18+/m0/s1. The molecule has 4 rings (SSSR count). The minimum Gasteiger partial charge on any atom is -0.380 e. The Morgan fingerprint density at radius 1 is 1.16 bits per heavy atom. The molecule has 1 aliphatic heterocycles. The molecule has 3 heterocycles. The number of alkyl halides is 3. The number of nitrogens with zero attached hydrogens (tertiary/aromatic N) is 4. The Morgan fingerprint density at radius 3 is 2.61 bits per heavy atom. The summed E-state index contributed by atoms with van der Waals surface area (Å²) in [6, 6.07) is 7.99. The van der Waals surface area contributed by atoms with E-state index in [4.69, 9.17) is 0 Å². The molecule has 3 aromatic rings. The number of benzene rings is 1. The van der Waals surface area contributed by atoms with Gasteiger partial charge in [-0.25, -0.2) is 13.4 Å². The molecule has 11 heteroatoms. The van der Waals surface area contributed by atoms with E-state index in [2.05, 4.69) is 15.3 Å². The van der Waals surface area contributed by atoms with Crippen LogP contribution in [0.25, 0.3) is 0 Å². The normalized spacial score (nSPS) is 20.1. The monoisotopic (exact) mass is 451 g/mol. The number of pyridine rings is 1. The summed E-state index contributed by atoms with van der Waals surface area (Å²) in [7, 11) is -2.18. The molecular formula is C20H20F3N5O2S. The van der Waals surface area contributed by atoms with Gasteiger partial charge in [0.15, 0.2) is 5.03 Å². The summed E-state index contributed by atoms with van der Waals surface area (Å²) >= 11 is 0. The van der Waals surface area contributed by atoms with Crippen LogP contribution in [0.3, 0.4) is 0 Å². The number of rotatable bonds is 5. The third-order valence-electron chi connectivity index (χ3n) is 5.23. The molecule has 1 aromatic carbocycles. The molecule has 2 aromatic heterocycles. The van der Waals surface area contributed by atoms with Crippen LogP contribution in [0.5, 0.6) is 0 Å².